The number of primary amides is 1. The van der Waals surface area contributed by atoms with Crippen molar-refractivity contribution in [3.63, 3.8) is 0 Å². The second-order valence-electron chi connectivity index (χ2n) is 6.81. The van der Waals surface area contributed by atoms with Gasteiger partial charge in [0.15, 0.2) is 0 Å². The number of benzene rings is 1. The van der Waals surface area contributed by atoms with Crippen molar-refractivity contribution in [2.75, 3.05) is 19.0 Å². The fourth-order valence-electron chi connectivity index (χ4n) is 3.46. The average Bonchev–Trinajstić information content (AvgIpc) is 2.72. The summed E-state index contributed by atoms with van der Waals surface area (Å²) in [4.78, 5) is 42.5. The number of rotatable bonds is 4. The second kappa shape index (κ2) is 9.32. The number of halogens is 2. The topological polar surface area (TPSA) is 115 Å². The van der Waals surface area contributed by atoms with Gasteiger partial charge in [-0.2, -0.15) is 0 Å². The van der Waals surface area contributed by atoms with Crippen molar-refractivity contribution in [1.82, 2.24) is 9.88 Å². The molecule has 1 aliphatic rings. The second-order valence-corrected chi connectivity index (χ2v) is 7.68. The molecule has 0 spiro atoms. The average molecular weight is 451 g/mol. The maximum atomic E-state index is 12.9. The Hall–Kier alpha value is -2.84. The Morgan fingerprint density at radius 2 is 1.87 bits per heavy atom. The first-order chi connectivity index (χ1) is 14.3. The SMILES string of the molecule is COc1ncc(NC(=O)C(=O)N2CCCC[C@H]2c2cc(Cl)cc(Cl)c2)cc1C(N)=O. The molecule has 1 fully saturated rings. The number of nitrogens with one attached hydrogen (secondary N) is 1. The Balaban J connectivity index is 1.81. The van der Waals surface area contributed by atoms with Crippen molar-refractivity contribution < 1.29 is 19.1 Å². The lowest BCUT2D eigenvalue weighted by atomic mass is 9.95. The zero-order chi connectivity index (χ0) is 21.8. The van der Waals surface area contributed by atoms with E-state index < -0.39 is 17.7 Å². The normalized spacial score (nSPS) is 16.1. The molecule has 2 heterocycles. The highest BCUT2D eigenvalue weighted by atomic mass is 35.5. The minimum Gasteiger partial charge on any atom is -0.480 e. The summed E-state index contributed by atoms with van der Waals surface area (Å²) in [5.74, 6) is -2.29. The molecule has 0 saturated carbocycles. The molecule has 3 amide bonds. The number of piperidine rings is 1. The molecule has 158 valence electrons. The van der Waals surface area contributed by atoms with Gasteiger partial charge in [-0.1, -0.05) is 23.2 Å². The number of amides is 3. The molecule has 30 heavy (non-hydrogen) atoms. The minimum atomic E-state index is -0.850. The Bertz CT molecular complexity index is 979. The lowest BCUT2D eigenvalue weighted by Crippen LogP contribution is -2.44. The molecule has 8 nitrogen and oxygen atoms in total. The number of hydrogen-bond acceptors (Lipinski definition) is 5. The van der Waals surface area contributed by atoms with Crippen molar-refractivity contribution in [1.29, 1.82) is 0 Å². The third-order valence-corrected chi connectivity index (χ3v) is 5.23. The molecule has 0 unspecified atom stereocenters. The van der Waals surface area contributed by atoms with Gasteiger partial charge in [0, 0.05) is 16.6 Å². The summed E-state index contributed by atoms with van der Waals surface area (Å²) < 4.78 is 4.97. The molecular weight excluding hydrogens is 431 g/mol. The molecule has 1 saturated heterocycles. The lowest BCUT2D eigenvalue weighted by Gasteiger charge is -2.35. The van der Waals surface area contributed by atoms with E-state index in [0.29, 0.717) is 23.0 Å². The number of aromatic nitrogens is 1. The van der Waals surface area contributed by atoms with Crippen LogP contribution in [0.5, 0.6) is 5.88 Å². The van der Waals surface area contributed by atoms with Crippen molar-refractivity contribution >= 4 is 46.6 Å². The molecule has 1 aromatic carbocycles. The summed E-state index contributed by atoms with van der Waals surface area (Å²) in [5, 5.41) is 3.39. The highest BCUT2D eigenvalue weighted by molar-refractivity contribution is 6.39. The molecular formula is C20H20Cl2N4O4. The van der Waals surface area contributed by atoms with Crippen LogP contribution >= 0.6 is 23.2 Å². The fraction of sp³-hybridized carbons (Fsp3) is 0.300. The van der Waals surface area contributed by atoms with Crippen LogP contribution in [-0.4, -0.2) is 41.3 Å². The molecule has 1 atom stereocenters. The van der Waals surface area contributed by atoms with Crippen LogP contribution in [-0.2, 0) is 9.59 Å². The first-order valence-electron chi connectivity index (χ1n) is 9.22. The third-order valence-electron chi connectivity index (χ3n) is 4.80. The highest BCUT2D eigenvalue weighted by Gasteiger charge is 2.32. The van der Waals surface area contributed by atoms with Crippen LogP contribution in [0.25, 0.3) is 0 Å². The summed E-state index contributed by atoms with van der Waals surface area (Å²) in [6, 6.07) is 6.09. The van der Waals surface area contributed by atoms with Crippen LogP contribution in [0, 0.1) is 0 Å². The monoisotopic (exact) mass is 450 g/mol. The van der Waals surface area contributed by atoms with E-state index in [1.165, 1.54) is 24.3 Å². The molecule has 3 rings (SSSR count). The largest absolute Gasteiger partial charge is 0.480 e. The number of ether oxygens (including phenoxy) is 1. The van der Waals surface area contributed by atoms with Gasteiger partial charge in [0.05, 0.1) is 25.0 Å². The Morgan fingerprint density at radius 3 is 2.50 bits per heavy atom. The van der Waals surface area contributed by atoms with Gasteiger partial charge in [-0.05, 0) is 49.1 Å². The maximum absolute atomic E-state index is 12.9. The molecule has 2 aromatic rings. The van der Waals surface area contributed by atoms with Gasteiger partial charge in [0.25, 0.3) is 5.91 Å². The lowest BCUT2D eigenvalue weighted by molar-refractivity contribution is -0.145. The van der Waals surface area contributed by atoms with Crippen LogP contribution in [0.2, 0.25) is 10.0 Å². The van der Waals surface area contributed by atoms with E-state index >= 15 is 0 Å². The van der Waals surface area contributed by atoms with Crippen LogP contribution in [0.1, 0.15) is 41.2 Å². The van der Waals surface area contributed by atoms with Gasteiger partial charge in [0.1, 0.15) is 5.56 Å². The maximum Gasteiger partial charge on any atom is 0.313 e. The Kier molecular flexibility index (Phi) is 6.79. The Morgan fingerprint density at radius 1 is 1.17 bits per heavy atom. The van der Waals surface area contributed by atoms with Crippen molar-refractivity contribution in [2.45, 2.75) is 25.3 Å². The molecule has 10 heteroatoms. The van der Waals surface area contributed by atoms with E-state index in [2.05, 4.69) is 10.3 Å². The molecule has 3 N–H and O–H groups in total. The van der Waals surface area contributed by atoms with Gasteiger partial charge in [-0.25, -0.2) is 4.98 Å². The van der Waals surface area contributed by atoms with Gasteiger partial charge in [-0.15, -0.1) is 0 Å². The number of pyridine rings is 1. The van der Waals surface area contributed by atoms with Gasteiger partial charge in [0.2, 0.25) is 5.88 Å². The summed E-state index contributed by atoms with van der Waals surface area (Å²) in [6.45, 7) is 0.425. The summed E-state index contributed by atoms with van der Waals surface area (Å²) in [6.07, 6.45) is 3.65. The number of hydrogen-bond donors (Lipinski definition) is 2. The van der Waals surface area contributed by atoms with Crippen LogP contribution < -0.4 is 15.8 Å². The van der Waals surface area contributed by atoms with Gasteiger partial charge >= 0.3 is 11.8 Å². The van der Waals surface area contributed by atoms with Crippen LogP contribution in [0.3, 0.4) is 0 Å². The van der Waals surface area contributed by atoms with Crippen LogP contribution in [0.4, 0.5) is 5.69 Å². The third kappa shape index (κ3) is 4.83. The van der Waals surface area contributed by atoms with Gasteiger partial charge in [-0.3, -0.25) is 14.4 Å². The van der Waals surface area contributed by atoms with E-state index in [4.69, 9.17) is 33.7 Å². The van der Waals surface area contributed by atoms with E-state index in [9.17, 15) is 14.4 Å². The number of nitrogens with zero attached hydrogens (tertiary/aromatic N) is 2. The number of nitrogens with two attached hydrogens (primary N) is 1. The molecule has 0 bridgehead atoms. The molecule has 0 radical (unpaired) electrons. The summed E-state index contributed by atoms with van der Waals surface area (Å²) >= 11 is 12.2. The van der Waals surface area contributed by atoms with E-state index in [1.807, 2.05) is 0 Å². The fourth-order valence-corrected chi connectivity index (χ4v) is 4.01. The quantitative estimate of drug-likeness (QED) is 0.693. The number of carbonyl (C=O) groups excluding carboxylic acids is 3. The molecule has 1 aliphatic heterocycles. The van der Waals surface area contributed by atoms with E-state index in [0.717, 1.165) is 18.4 Å². The van der Waals surface area contributed by atoms with E-state index in [-0.39, 0.29) is 23.2 Å². The Labute approximate surface area is 183 Å². The zero-order valence-electron chi connectivity index (χ0n) is 16.2. The number of carbonyl (C=O) groups is 3. The molecule has 1 aromatic heterocycles. The summed E-state index contributed by atoms with van der Waals surface area (Å²) in [7, 11) is 1.34. The highest BCUT2D eigenvalue weighted by Crippen LogP contribution is 2.34. The van der Waals surface area contributed by atoms with Crippen LogP contribution in [0.15, 0.2) is 30.5 Å². The zero-order valence-corrected chi connectivity index (χ0v) is 17.7. The van der Waals surface area contributed by atoms with Crippen molar-refractivity contribution in [3.05, 3.63) is 51.6 Å². The standard InChI is InChI=1S/C20H20Cl2N4O4/c1-30-19-15(17(23)27)9-14(10-24-19)25-18(28)20(29)26-5-3-2-4-16(26)11-6-12(21)8-13(22)7-11/h6-10,16H,2-5H2,1H3,(H2,23,27)(H,25,28)/t16-/m0/s1. The first kappa shape index (κ1) is 21.9. The predicted molar refractivity (Wildman–Crippen MR) is 113 cm³/mol. The number of likely N-dealkylation sites (tertiary alicyclic amines) is 1. The number of methoxy groups -OCH3 is 1. The molecule has 0 aliphatic carbocycles. The summed E-state index contributed by atoms with van der Waals surface area (Å²) in [5.41, 5.74) is 6.23. The van der Waals surface area contributed by atoms with Crippen molar-refractivity contribution in [3.8, 4) is 5.88 Å². The van der Waals surface area contributed by atoms with Crippen molar-refractivity contribution in [2.24, 2.45) is 5.73 Å². The van der Waals surface area contributed by atoms with E-state index in [1.54, 1.807) is 18.2 Å². The smallest absolute Gasteiger partial charge is 0.313 e. The predicted octanol–water partition coefficient (Wildman–Crippen LogP) is 3.19. The first-order valence-corrected chi connectivity index (χ1v) is 9.97. The van der Waals surface area contributed by atoms with Gasteiger partial charge < -0.3 is 20.7 Å². The number of anilines is 1. The minimum absolute atomic E-state index is 0.00725.